The molecule has 1 heterocycles. The summed E-state index contributed by atoms with van der Waals surface area (Å²) in [6.07, 6.45) is 0. The first-order valence-corrected chi connectivity index (χ1v) is 8.81. The van der Waals surface area contributed by atoms with Crippen molar-refractivity contribution < 1.29 is 39.6 Å². The molecular weight excluding hydrogens is 400 g/mol. The minimum atomic E-state index is -1.27. The summed E-state index contributed by atoms with van der Waals surface area (Å²) in [6.45, 7) is 0. The van der Waals surface area contributed by atoms with E-state index in [4.69, 9.17) is 0 Å². The van der Waals surface area contributed by atoms with Crippen molar-refractivity contribution in [2.45, 2.75) is 0 Å². The van der Waals surface area contributed by atoms with Crippen LogP contribution in [0.25, 0.3) is 20.9 Å². The summed E-state index contributed by atoms with van der Waals surface area (Å²) in [5.74, 6) is -5.09. The van der Waals surface area contributed by atoms with Gasteiger partial charge in [0.05, 0.1) is 22.3 Å². The van der Waals surface area contributed by atoms with Crippen LogP contribution in [0.2, 0.25) is 0 Å². The maximum absolute atomic E-state index is 11.3. The van der Waals surface area contributed by atoms with E-state index in [1.54, 1.807) is 12.1 Å². The second-order valence-electron chi connectivity index (χ2n) is 5.98. The molecule has 0 radical (unpaired) electrons. The molecule has 1 aromatic heterocycles. The van der Waals surface area contributed by atoms with Gasteiger partial charge in [0.1, 0.15) is 0 Å². The highest BCUT2D eigenvalue weighted by Gasteiger charge is 2.16. The Morgan fingerprint density at radius 2 is 0.793 bits per heavy atom. The van der Waals surface area contributed by atoms with Crippen LogP contribution in [0, 0.1) is 0 Å². The standard InChI is InChI=1S/C20H12O8S/c21-17(22)11-3-9(4-12(7-11)18(23)24)15-1-2-16(29-15)10-5-13(19(25)26)8-14(6-10)20(27)28/h1-8H,(H,21,22)(H,23,24)(H,25,26)(H,27,28). The van der Waals surface area contributed by atoms with Crippen LogP contribution in [0.3, 0.4) is 0 Å². The molecule has 0 fully saturated rings. The molecule has 146 valence electrons. The number of aromatic carboxylic acids is 4. The molecule has 9 heteroatoms. The van der Waals surface area contributed by atoms with E-state index < -0.39 is 23.9 Å². The average molecular weight is 412 g/mol. The van der Waals surface area contributed by atoms with Crippen LogP contribution in [-0.4, -0.2) is 44.3 Å². The van der Waals surface area contributed by atoms with Gasteiger partial charge in [-0.1, -0.05) is 0 Å². The molecule has 0 aliphatic rings. The maximum atomic E-state index is 11.3. The molecule has 0 aliphatic carbocycles. The van der Waals surface area contributed by atoms with E-state index in [-0.39, 0.29) is 22.3 Å². The van der Waals surface area contributed by atoms with Crippen LogP contribution < -0.4 is 0 Å². The number of benzene rings is 2. The van der Waals surface area contributed by atoms with Gasteiger partial charge in [0.2, 0.25) is 0 Å². The lowest BCUT2D eigenvalue weighted by Crippen LogP contribution is -2.02. The number of thiophene rings is 1. The van der Waals surface area contributed by atoms with Gasteiger partial charge in [0.25, 0.3) is 0 Å². The summed E-state index contributed by atoms with van der Waals surface area (Å²) in [5.41, 5.74) is -0.00338. The Morgan fingerprint density at radius 1 is 0.517 bits per heavy atom. The molecule has 29 heavy (non-hydrogen) atoms. The molecule has 8 nitrogen and oxygen atoms in total. The zero-order valence-electron chi connectivity index (χ0n) is 14.4. The van der Waals surface area contributed by atoms with E-state index in [0.29, 0.717) is 20.9 Å². The number of hydrogen-bond donors (Lipinski definition) is 4. The van der Waals surface area contributed by atoms with E-state index in [0.717, 1.165) is 23.5 Å². The van der Waals surface area contributed by atoms with Crippen LogP contribution in [-0.2, 0) is 0 Å². The maximum Gasteiger partial charge on any atom is 0.335 e. The smallest absolute Gasteiger partial charge is 0.335 e. The Morgan fingerprint density at radius 3 is 1.03 bits per heavy atom. The summed E-state index contributed by atoms with van der Waals surface area (Å²) in [7, 11) is 0. The van der Waals surface area contributed by atoms with Crippen molar-refractivity contribution in [2.24, 2.45) is 0 Å². The molecular formula is C20H12O8S. The van der Waals surface area contributed by atoms with E-state index in [1.165, 1.54) is 24.3 Å². The van der Waals surface area contributed by atoms with Crippen molar-refractivity contribution in [3.63, 3.8) is 0 Å². The normalized spacial score (nSPS) is 10.5. The van der Waals surface area contributed by atoms with Crippen LogP contribution in [0.1, 0.15) is 41.4 Å². The Kier molecular flexibility index (Phi) is 5.16. The molecule has 3 aromatic rings. The molecule has 2 aromatic carbocycles. The number of carboxylic acid groups (broad SMARTS) is 4. The minimum absolute atomic E-state index is 0.184. The van der Waals surface area contributed by atoms with Crippen molar-refractivity contribution in [2.75, 3.05) is 0 Å². The molecule has 3 rings (SSSR count). The summed E-state index contributed by atoms with van der Waals surface area (Å²) in [5, 5.41) is 36.8. The highest BCUT2D eigenvalue weighted by atomic mass is 32.1. The van der Waals surface area contributed by atoms with Gasteiger partial charge in [-0.3, -0.25) is 0 Å². The Labute approximate surface area is 166 Å². The fourth-order valence-corrected chi connectivity index (χ4v) is 3.66. The topological polar surface area (TPSA) is 149 Å². The van der Waals surface area contributed by atoms with Crippen molar-refractivity contribution in [3.05, 3.63) is 70.8 Å². The molecule has 0 amide bonds. The van der Waals surface area contributed by atoms with E-state index >= 15 is 0 Å². The zero-order chi connectivity index (χ0) is 21.3. The molecule has 0 saturated carbocycles. The van der Waals surface area contributed by atoms with Crippen LogP contribution in [0.5, 0.6) is 0 Å². The number of carbonyl (C=O) groups is 4. The van der Waals surface area contributed by atoms with E-state index in [1.807, 2.05) is 0 Å². The second-order valence-corrected chi connectivity index (χ2v) is 7.07. The number of hydrogen-bond acceptors (Lipinski definition) is 5. The van der Waals surface area contributed by atoms with Crippen molar-refractivity contribution in [1.82, 2.24) is 0 Å². The van der Waals surface area contributed by atoms with Gasteiger partial charge in [0.15, 0.2) is 0 Å². The molecule has 0 spiro atoms. The van der Waals surface area contributed by atoms with E-state index in [9.17, 15) is 39.6 Å². The van der Waals surface area contributed by atoms with Crippen LogP contribution in [0.15, 0.2) is 48.5 Å². The fourth-order valence-electron chi connectivity index (χ4n) is 2.68. The first kappa shape index (κ1) is 19.8. The van der Waals surface area contributed by atoms with Gasteiger partial charge in [-0.2, -0.15) is 0 Å². The molecule has 0 aliphatic heterocycles. The fraction of sp³-hybridized carbons (Fsp3) is 0. The zero-order valence-corrected chi connectivity index (χ0v) is 15.3. The highest BCUT2D eigenvalue weighted by Crippen LogP contribution is 2.36. The van der Waals surface area contributed by atoms with Gasteiger partial charge >= 0.3 is 23.9 Å². The number of rotatable bonds is 6. The van der Waals surface area contributed by atoms with Gasteiger partial charge < -0.3 is 20.4 Å². The third-order valence-corrected chi connectivity index (χ3v) is 5.21. The second kappa shape index (κ2) is 7.56. The predicted octanol–water partition coefficient (Wildman–Crippen LogP) is 3.87. The SMILES string of the molecule is O=C(O)c1cc(C(=O)O)cc(-c2ccc(-c3cc(C(=O)O)cc(C(=O)O)c3)s2)c1. The minimum Gasteiger partial charge on any atom is -0.478 e. The lowest BCUT2D eigenvalue weighted by atomic mass is 10.0. The molecule has 0 bridgehead atoms. The van der Waals surface area contributed by atoms with Crippen molar-refractivity contribution >= 4 is 35.2 Å². The summed E-state index contributed by atoms with van der Waals surface area (Å²) in [4.78, 5) is 46.2. The Balaban J connectivity index is 2.11. The Hall–Kier alpha value is -3.98. The third-order valence-electron chi connectivity index (χ3n) is 4.03. The predicted molar refractivity (Wildman–Crippen MR) is 103 cm³/mol. The van der Waals surface area contributed by atoms with Gasteiger partial charge in [-0.15, -0.1) is 11.3 Å². The van der Waals surface area contributed by atoms with Crippen molar-refractivity contribution in [3.8, 4) is 20.9 Å². The van der Waals surface area contributed by atoms with Crippen LogP contribution in [0.4, 0.5) is 0 Å². The molecule has 4 N–H and O–H groups in total. The first-order valence-electron chi connectivity index (χ1n) is 7.99. The van der Waals surface area contributed by atoms with Gasteiger partial charge in [-0.05, 0) is 59.7 Å². The third kappa shape index (κ3) is 4.14. The van der Waals surface area contributed by atoms with Gasteiger partial charge in [0, 0.05) is 9.75 Å². The largest absolute Gasteiger partial charge is 0.478 e. The first-order chi connectivity index (χ1) is 13.7. The summed E-state index contributed by atoms with van der Waals surface area (Å²) >= 11 is 1.15. The lowest BCUT2D eigenvalue weighted by molar-refractivity contribution is 0.0676. The summed E-state index contributed by atoms with van der Waals surface area (Å²) in [6, 6.07) is 10.7. The lowest BCUT2D eigenvalue weighted by Gasteiger charge is -2.05. The van der Waals surface area contributed by atoms with Gasteiger partial charge in [-0.25, -0.2) is 19.2 Å². The summed E-state index contributed by atoms with van der Waals surface area (Å²) < 4.78 is 0. The monoisotopic (exact) mass is 412 g/mol. The average Bonchev–Trinajstić information content (AvgIpc) is 3.17. The Bertz CT molecular complexity index is 1020. The van der Waals surface area contributed by atoms with Crippen LogP contribution >= 0.6 is 11.3 Å². The number of carboxylic acids is 4. The molecule has 0 unspecified atom stereocenters. The van der Waals surface area contributed by atoms with E-state index in [2.05, 4.69) is 0 Å². The highest BCUT2D eigenvalue weighted by molar-refractivity contribution is 7.18. The molecule has 0 atom stereocenters. The quantitative estimate of drug-likeness (QED) is 0.476. The van der Waals surface area contributed by atoms with Crippen molar-refractivity contribution in [1.29, 1.82) is 0 Å². The molecule has 0 saturated heterocycles.